The molecule has 0 radical (unpaired) electrons. The van der Waals surface area contributed by atoms with E-state index in [0.29, 0.717) is 23.3 Å². The first-order valence-electron chi connectivity index (χ1n) is 5.65. The SMILES string of the molecule is Cc1cc(C(=O)NC2CC3C=CC2C3)no1. The maximum atomic E-state index is 11.8. The first-order chi connectivity index (χ1) is 7.72. The van der Waals surface area contributed by atoms with Crippen LogP contribution in [0.1, 0.15) is 29.1 Å². The average molecular weight is 218 g/mol. The van der Waals surface area contributed by atoms with E-state index in [-0.39, 0.29) is 11.9 Å². The second-order valence-corrected chi connectivity index (χ2v) is 4.68. The summed E-state index contributed by atoms with van der Waals surface area (Å²) in [6.45, 7) is 1.78. The molecule has 1 heterocycles. The fourth-order valence-corrected chi connectivity index (χ4v) is 2.66. The Balaban J connectivity index is 1.67. The zero-order chi connectivity index (χ0) is 11.1. The van der Waals surface area contributed by atoms with Crippen molar-refractivity contribution in [3.05, 3.63) is 29.7 Å². The molecular weight excluding hydrogens is 204 g/mol. The summed E-state index contributed by atoms with van der Waals surface area (Å²) >= 11 is 0. The predicted octanol–water partition coefficient (Wildman–Crippen LogP) is 1.68. The lowest BCUT2D eigenvalue weighted by Gasteiger charge is -2.18. The van der Waals surface area contributed by atoms with Gasteiger partial charge < -0.3 is 9.84 Å². The van der Waals surface area contributed by atoms with Crippen LogP contribution in [0.3, 0.4) is 0 Å². The third-order valence-electron chi connectivity index (χ3n) is 3.46. The van der Waals surface area contributed by atoms with Gasteiger partial charge in [-0.05, 0) is 31.6 Å². The number of allylic oxidation sites excluding steroid dienone is 1. The lowest BCUT2D eigenvalue weighted by molar-refractivity contribution is 0.0922. The molecule has 2 bridgehead atoms. The first kappa shape index (κ1) is 9.63. The van der Waals surface area contributed by atoms with Crippen molar-refractivity contribution in [2.75, 3.05) is 0 Å². The van der Waals surface area contributed by atoms with Gasteiger partial charge in [0.05, 0.1) is 0 Å². The second kappa shape index (κ2) is 3.47. The van der Waals surface area contributed by atoms with Crippen LogP contribution in [-0.2, 0) is 0 Å². The standard InChI is InChI=1S/C12H14N2O2/c1-7-4-11(14-16-7)12(15)13-10-6-8-2-3-9(10)5-8/h2-4,8-10H,5-6H2,1H3,(H,13,15). The summed E-state index contributed by atoms with van der Waals surface area (Å²) in [7, 11) is 0. The summed E-state index contributed by atoms with van der Waals surface area (Å²) in [5, 5.41) is 6.74. The highest BCUT2D eigenvalue weighted by atomic mass is 16.5. The normalized spacial score (nSPS) is 30.9. The maximum absolute atomic E-state index is 11.8. The molecule has 1 N–H and O–H groups in total. The second-order valence-electron chi connectivity index (χ2n) is 4.68. The molecule has 3 unspecified atom stereocenters. The minimum Gasteiger partial charge on any atom is -0.361 e. The Hall–Kier alpha value is -1.58. The van der Waals surface area contributed by atoms with Crippen molar-refractivity contribution in [1.82, 2.24) is 10.5 Å². The number of carbonyl (C=O) groups excluding carboxylic acids is 1. The molecule has 2 aliphatic carbocycles. The molecule has 16 heavy (non-hydrogen) atoms. The van der Waals surface area contributed by atoms with Gasteiger partial charge in [0.15, 0.2) is 5.69 Å². The van der Waals surface area contributed by atoms with E-state index in [1.54, 1.807) is 13.0 Å². The van der Waals surface area contributed by atoms with Gasteiger partial charge in [-0.1, -0.05) is 17.3 Å². The molecule has 1 fully saturated rings. The van der Waals surface area contributed by atoms with Crippen molar-refractivity contribution in [3.8, 4) is 0 Å². The number of hydrogen-bond acceptors (Lipinski definition) is 3. The number of nitrogens with zero attached hydrogens (tertiary/aromatic N) is 1. The topological polar surface area (TPSA) is 55.1 Å². The number of aromatic nitrogens is 1. The highest BCUT2D eigenvalue weighted by molar-refractivity contribution is 5.92. The average Bonchev–Trinajstić information content (AvgIpc) is 2.92. The first-order valence-corrected chi connectivity index (χ1v) is 5.65. The molecule has 3 atom stereocenters. The Bertz CT molecular complexity index is 450. The largest absolute Gasteiger partial charge is 0.361 e. The van der Waals surface area contributed by atoms with Gasteiger partial charge in [0.2, 0.25) is 0 Å². The Labute approximate surface area is 93.7 Å². The van der Waals surface area contributed by atoms with E-state index in [1.165, 1.54) is 6.42 Å². The van der Waals surface area contributed by atoms with Crippen LogP contribution in [0.25, 0.3) is 0 Å². The summed E-state index contributed by atoms with van der Waals surface area (Å²) in [5.41, 5.74) is 0.379. The lowest BCUT2D eigenvalue weighted by Crippen LogP contribution is -2.37. The molecule has 1 amide bonds. The fraction of sp³-hybridized carbons (Fsp3) is 0.500. The number of aryl methyl sites for hydroxylation is 1. The van der Waals surface area contributed by atoms with Crippen LogP contribution in [-0.4, -0.2) is 17.1 Å². The molecule has 0 saturated heterocycles. The summed E-state index contributed by atoms with van der Waals surface area (Å²) < 4.78 is 4.89. The van der Waals surface area contributed by atoms with Crippen molar-refractivity contribution in [2.24, 2.45) is 11.8 Å². The van der Waals surface area contributed by atoms with Gasteiger partial charge in [-0.3, -0.25) is 4.79 Å². The van der Waals surface area contributed by atoms with Crippen LogP contribution in [0.5, 0.6) is 0 Å². The van der Waals surface area contributed by atoms with E-state index in [1.807, 2.05) is 0 Å². The molecule has 0 spiro atoms. The summed E-state index contributed by atoms with van der Waals surface area (Å²) in [5.74, 6) is 1.72. The van der Waals surface area contributed by atoms with E-state index in [4.69, 9.17) is 4.52 Å². The summed E-state index contributed by atoms with van der Waals surface area (Å²) in [4.78, 5) is 11.8. The monoisotopic (exact) mass is 218 g/mol. The van der Waals surface area contributed by atoms with Gasteiger partial charge in [0.25, 0.3) is 5.91 Å². The highest BCUT2D eigenvalue weighted by Gasteiger charge is 2.36. The molecule has 0 aliphatic heterocycles. The van der Waals surface area contributed by atoms with Crippen molar-refractivity contribution in [2.45, 2.75) is 25.8 Å². The Morgan fingerprint density at radius 2 is 2.38 bits per heavy atom. The van der Waals surface area contributed by atoms with Crippen molar-refractivity contribution < 1.29 is 9.32 Å². The number of hydrogen-bond donors (Lipinski definition) is 1. The lowest BCUT2D eigenvalue weighted by atomic mass is 10.0. The summed E-state index contributed by atoms with van der Waals surface area (Å²) in [6, 6.07) is 1.94. The van der Waals surface area contributed by atoms with E-state index in [2.05, 4.69) is 22.6 Å². The van der Waals surface area contributed by atoms with Crippen LogP contribution in [0.4, 0.5) is 0 Å². The number of amides is 1. The van der Waals surface area contributed by atoms with Crippen LogP contribution in [0.2, 0.25) is 0 Å². The molecule has 3 rings (SSSR count). The predicted molar refractivity (Wildman–Crippen MR) is 57.8 cm³/mol. The highest BCUT2D eigenvalue weighted by Crippen LogP contribution is 2.38. The smallest absolute Gasteiger partial charge is 0.273 e. The van der Waals surface area contributed by atoms with Crippen LogP contribution < -0.4 is 5.32 Å². The zero-order valence-electron chi connectivity index (χ0n) is 9.14. The molecule has 1 aromatic rings. The van der Waals surface area contributed by atoms with Crippen LogP contribution in [0.15, 0.2) is 22.7 Å². The number of rotatable bonds is 2. The number of carbonyl (C=O) groups is 1. The van der Waals surface area contributed by atoms with Gasteiger partial charge in [0, 0.05) is 12.1 Å². The zero-order valence-corrected chi connectivity index (χ0v) is 9.14. The van der Waals surface area contributed by atoms with Gasteiger partial charge >= 0.3 is 0 Å². The molecule has 1 aromatic heterocycles. The van der Waals surface area contributed by atoms with Crippen LogP contribution >= 0.6 is 0 Å². The molecular formula is C12H14N2O2. The minimum absolute atomic E-state index is 0.122. The Morgan fingerprint density at radius 3 is 2.94 bits per heavy atom. The van der Waals surface area contributed by atoms with Gasteiger partial charge in [-0.15, -0.1) is 0 Å². The van der Waals surface area contributed by atoms with Gasteiger partial charge in [-0.2, -0.15) is 0 Å². The molecule has 1 saturated carbocycles. The fourth-order valence-electron chi connectivity index (χ4n) is 2.66. The minimum atomic E-state index is -0.122. The molecule has 2 aliphatic rings. The van der Waals surface area contributed by atoms with E-state index < -0.39 is 0 Å². The van der Waals surface area contributed by atoms with Crippen molar-refractivity contribution in [3.63, 3.8) is 0 Å². The third kappa shape index (κ3) is 1.54. The Morgan fingerprint density at radius 1 is 1.50 bits per heavy atom. The quantitative estimate of drug-likeness (QED) is 0.768. The maximum Gasteiger partial charge on any atom is 0.273 e. The van der Waals surface area contributed by atoms with E-state index in [0.717, 1.165) is 6.42 Å². The molecule has 4 heteroatoms. The summed E-state index contributed by atoms with van der Waals surface area (Å²) in [6.07, 6.45) is 6.72. The van der Waals surface area contributed by atoms with Crippen molar-refractivity contribution in [1.29, 1.82) is 0 Å². The van der Waals surface area contributed by atoms with Crippen LogP contribution in [0, 0.1) is 18.8 Å². The van der Waals surface area contributed by atoms with E-state index in [9.17, 15) is 4.79 Å². The number of fused-ring (bicyclic) bond motifs is 2. The third-order valence-corrected chi connectivity index (χ3v) is 3.46. The van der Waals surface area contributed by atoms with E-state index >= 15 is 0 Å². The van der Waals surface area contributed by atoms with Crippen molar-refractivity contribution >= 4 is 5.91 Å². The Kier molecular flexibility index (Phi) is 2.09. The van der Waals surface area contributed by atoms with Gasteiger partial charge in [-0.25, -0.2) is 0 Å². The molecule has 84 valence electrons. The molecule has 4 nitrogen and oxygen atoms in total. The molecule has 0 aromatic carbocycles. The van der Waals surface area contributed by atoms with Gasteiger partial charge in [0.1, 0.15) is 5.76 Å². The number of nitrogens with one attached hydrogen (secondary N) is 1.